The summed E-state index contributed by atoms with van der Waals surface area (Å²) >= 11 is 0. The minimum absolute atomic E-state index is 0. The van der Waals surface area contributed by atoms with E-state index in [1.807, 2.05) is 0 Å². The van der Waals surface area contributed by atoms with Crippen LogP contribution in [0.2, 0.25) is 0 Å². The van der Waals surface area contributed by atoms with Gasteiger partial charge in [0.25, 0.3) is 0 Å². The van der Waals surface area contributed by atoms with E-state index in [0.29, 0.717) is 0 Å². The first-order valence-electron chi connectivity index (χ1n) is 0.717. The summed E-state index contributed by atoms with van der Waals surface area (Å²) < 4.78 is 18.6. The molecule has 0 radical (unpaired) electrons. The van der Waals surface area contributed by atoms with Gasteiger partial charge in [-0.2, -0.15) is 0 Å². The molecule has 0 aromatic carbocycles. The van der Waals surface area contributed by atoms with E-state index in [9.17, 15) is 4.20 Å². The van der Waals surface area contributed by atoms with Crippen molar-refractivity contribution in [2.24, 2.45) is 0 Å². The summed E-state index contributed by atoms with van der Waals surface area (Å²) in [6, 6.07) is 0. The average molecular weight is 168 g/mol. The van der Waals surface area contributed by atoms with Gasteiger partial charge >= 0.3 is 0 Å². The second-order valence-corrected chi connectivity index (χ2v) is 1.29. The van der Waals surface area contributed by atoms with Gasteiger partial charge in [-0.15, -0.1) is 0 Å². The molecule has 3 nitrogen and oxygen atoms in total. The molecule has 0 saturated carbocycles. The summed E-state index contributed by atoms with van der Waals surface area (Å²) in [5, 5.41) is 0. The molecule has 0 N–H and O–H groups in total. The smallest absolute Gasteiger partial charge is 0.110 e. The van der Waals surface area contributed by atoms with Gasteiger partial charge in [-0.05, 0) is 0 Å². The van der Waals surface area contributed by atoms with E-state index in [-0.39, 0.29) is 27.0 Å². The fourth-order valence-electron chi connectivity index (χ4n) is 0. The molecular weight excluding hydrogens is 162 g/mol. The number of halogens is 1. The number of rotatable bonds is 0. The topological polar surface area (TPSA) is 63.2 Å². The van der Waals surface area contributed by atoms with E-state index < -0.39 is 7.91 Å². The summed E-state index contributed by atoms with van der Waals surface area (Å²) in [7, 11) is -5.64. The maximum Gasteiger partial charge on any atom is 0.110 e. The Morgan fingerprint density at radius 2 is 1.29 bits per heavy atom. The van der Waals surface area contributed by atoms with E-state index >= 15 is 0 Å². The Labute approximate surface area is 54.1 Å². The van der Waals surface area contributed by atoms with Crippen molar-refractivity contribution in [2.75, 3.05) is 0 Å². The Balaban J connectivity index is -0.0000000800. The van der Waals surface area contributed by atoms with Crippen molar-refractivity contribution in [3.05, 3.63) is 0 Å². The molecule has 0 aliphatic rings. The minimum Gasteiger partial charge on any atom is -0.786 e. The van der Waals surface area contributed by atoms with Gasteiger partial charge in [0.05, 0.1) is 0 Å². The first-order chi connectivity index (χ1) is 2.00. The fraction of sp³-hybridized carbons (Fsp3) is 0. The highest BCUT2D eigenvalue weighted by atomic mass is 32.1. The Morgan fingerprint density at radius 1 is 1.29 bits per heavy atom. The maximum atomic E-state index is 10.1. The van der Waals surface area contributed by atoms with E-state index in [2.05, 4.69) is 0 Å². The molecule has 0 spiro atoms. The van der Waals surface area contributed by atoms with Crippen LogP contribution in [0.4, 0.5) is 4.20 Å². The van der Waals surface area contributed by atoms with Gasteiger partial charge in [0.2, 0.25) is 0 Å². The molecule has 0 aliphatic heterocycles. The van der Waals surface area contributed by atoms with Crippen LogP contribution in [-0.2, 0) is 31.6 Å². The molecule has 0 heterocycles. The molecule has 0 bridgehead atoms. The molecule has 0 amide bonds. The lowest BCUT2D eigenvalue weighted by molar-refractivity contribution is -0.328. The van der Waals surface area contributed by atoms with Crippen molar-refractivity contribution in [2.45, 2.75) is 0 Å². The molecule has 7 heavy (non-hydrogen) atoms. The number of hydrogen-bond donors (Lipinski definition) is 0. The van der Waals surface area contributed by atoms with E-state index in [0.717, 1.165) is 0 Å². The maximum absolute atomic E-state index is 10.1. The first kappa shape index (κ1) is 15.7. The highest BCUT2D eigenvalue weighted by Crippen LogP contribution is 2.22. The molecular formula is H6FO3PS2. The molecule has 0 atom stereocenters. The Bertz CT molecular complexity index is 59.1. The Hall–Kier alpha value is 0.780. The quantitative estimate of drug-likeness (QED) is 0.289. The lowest BCUT2D eigenvalue weighted by Gasteiger charge is -2.15. The summed E-state index contributed by atoms with van der Waals surface area (Å²) in [4.78, 5) is 16.9. The molecule has 0 aromatic rings. The van der Waals surface area contributed by atoms with Crippen LogP contribution in [0.15, 0.2) is 0 Å². The zero-order valence-electron chi connectivity index (χ0n) is 3.20. The van der Waals surface area contributed by atoms with Crippen molar-refractivity contribution >= 4 is 34.9 Å². The van der Waals surface area contributed by atoms with Gasteiger partial charge in [-0.1, -0.05) is 27.0 Å². The van der Waals surface area contributed by atoms with Crippen molar-refractivity contribution in [3.63, 3.8) is 0 Å². The normalized spacial score (nSPS) is 8.43. The van der Waals surface area contributed by atoms with Crippen molar-refractivity contribution in [1.29, 1.82) is 0 Å². The van der Waals surface area contributed by atoms with Crippen LogP contribution >= 0.6 is 7.91 Å². The van der Waals surface area contributed by atoms with Gasteiger partial charge in [0.15, 0.2) is 0 Å². The van der Waals surface area contributed by atoms with Gasteiger partial charge in [0, 0.05) is 0 Å². The third-order valence-corrected chi connectivity index (χ3v) is 0. The fourth-order valence-corrected chi connectivity index (χ4v) is 0. The lowest BCUT2D eigenvalue weighted by atomic mass is 15.8. The summed E-state index contributed by atoms with van der Waals surface area (Å²) in [5.74, 6) is 0. The summed E-state index contributed by atoms with van der Waals surface area (Å²) in [6.45, 7) is 0. The lowest BCUT2D eigenvalue weighted by Crippen LogP contribution is -2.07. The minimum atomic E-state index is -5.64. The van der Waals surface area contributed by atoms with Crippen molar-refractivity contribution in [3.8, 4) is 0 Å². The van der Waals surface area contributed by atoms with Crippen LogP contribution < -0.4 is 9.79 Å². The first-order valence-corrected chi connectivity index (χ1v) is 2.15. The molecule has 0 unspecified atom stereocenters. The van der Waals surface area contributed by atoms with E-state index in [1.165, 1.54) is 0 Å². The molecule has 0 aromatic heterocycles. The zero-order valence-corrected chi connectivity index (χ0v) is 6.41. The third kappa shape index (κ3) is 255. The molecule has 48 valence electrons. The van der Waals surface area contributed by atoms with Crippen LogP contribution in [-0.4, -0.2) is 0 Å². The van der Waals surface area contributed by atoms with Gasteiger partial charge in [0.1, 0.15) is 7.91 Å². The molecule has 7 heteroatoms. The number of hydrogen-bond acceptors (Lipinski definition) is 3. The van der Waals surface area contributed by atoms with Crippen molar-refractivity contribution < 1.29 is 18.5 Å². The predicted octanol–water partition coefficient (Wildman–Crippen LogP) is -2.83. The van der Waals surface area contributed by atoms with Gasteiger partial charge in [-0.25, -0.2) is 4.20 Å². The van der Waals surface area contributed by atoms with Crippen LogP contribution in [0.5, 0.6) is 0 Å². The SMILES string of the molecule is O=P([O-])([O-])F.[SH3+].[SH3+]. The second kappa shape index (κ2) is 4.93. The highest BCUT2D eigenvalue weighted by Gasteiger charge is 1.69. The molecule has 0 fully saturated rings. The van der Waals surface area contributed by atoms with Gasteiger partial charge < -0.3 is 14.4 Å². The summed E-state index contributed by atoms with van der Waals surface area (Å²) in [5.41, 5.74) is 0. The third-order valence-electron chi connectivity index (χ3n) is 0. The molecule has 0 aliphatic carbocycles. The summed E-state index contributed by atoms with van der Waals surface area (Å²) in [6.07, 6.45) is 0. The van der Waals surface area contributed by atoms with Crippen LogP contribution in [0.3, 0.4) is 0 Å². The van der Waals surface area contributed by atoms with E-state index in [4.69, 9.17) is 14.4 Å². The van der Waals surface area contributed by atoms with Crippen LogP contribution in [0, 0.1) is 0 Å². The second-order valence-electron chi connectivity index (χ2n) is 0.431. The van der Waals surface area contributed by atoms with E-state index in [1.54, 1.807) is 0 Å². The van der Waals surface area contributed by atoms with Crippen molar-refractivity contribution in [1.82, 2.24) is 0 Å². The average Bonchev–Trinajstić information content (AvgIpc) is 0.722. The monoisotopic (exact) mass is 168 g/mol. The Morgan fingerprint density at radius 3 is 1.29 bits per heavy atom. The molecule has 0 saturated heterocycles. The van der Waals surface area contributed by atoms with Crippen LogP contribution in [0.25, 0.3) is 0 Å². The predicted molar refractivity (Wildman–Crippen MR) is 31.8 cm³/mol. The largest absolute Gasteiger partial charge is 0.786 e. The Kier molecular flexibility index (Phi) is 11.0. The van der Waals surface area contributed by atoms with Crippen LogP contribution in [0.1, 0.15) is 0 Å². The zero-order chi connectivity index (χ0) is 4.50. The van der Waals surface area contributed by atoms with Gasteiger partial charge in [-0.3, -0.25) is 0 Å². The highest BCUT2D eigenvalue weighted by molar-refractivity contribution is 7.42. The standard InChI is InChI=1S/FH2O3P.2H2S/c1-5(2,3)4;;/h(H2,2,3,4);2*1H2. The molecule has 0 rings (SSSR count).